The van der Waals surface area contributed by atoms with Gasteiger partial charge in [0, 0.05) is 25.8 Å². The molecule has 0 spiro atoms. The van der Waals surface area contributed by atoms with Gasteiger partial charge in [-0.25, -0.2) is 4.79 Å². The summed E-state index contributed by atoms with van der Waals surface area (Å²) in [5.74, 6) is 0.345. The van der Waals surface area contributed by atoms with Crippen LogP contribution in [0, 0.1) is 5.92 Å². The van der Waals surface area contributed by atoms with E-state index in [9.17, 15) is 9.90 Å². The summed E-state index contributed by atoms with van der Waals surface area (Å²) >= 11 is 0. The monoisotopic (exact) mass is 318 g/mol. The second-order valence-corrected chi connectivity index (χ2v) is 6.50. The van der Waals surface area contributed by atoms with Crippen LogP contribution in [0.1, 0.15) is 19.8 Å². The number of aromatic nitrogens is 1. The molecule has 1 heterocycles. The predicted octanol–water partition coefficient (Wildman–Crippen LogP) is 2.18. The van der Waals surface area contributed by atoms with Gasteiger partial charge in [-0.15, -0.1) is 0 Å². The summed E-state index contributed by atoms with van der Waals surface area (Å²) in [6, 6.07) is 5.50. The highest BCUT2D eigenvalue weighted by Gasteiger charge is 2.42. The van der Waals surface area contributed by atoms with Crippen LogP contribution in [-0.2, 0) is 0 Å². The van der Waals surface area contributed by atoms with Crippen LogP contribution in [0.5, 0.6) is 0 Å². The predicted molar refractivity (Wildman–Crippen MR) is 88.7 cm³/mol. The third-order valence-electron chi connectivity index (χ3n) is 4.22. The van der Waals surface area contributed by atoms with Crippen molar-refractivity contribution >= 4 is 28.8 Å². The molecule has 124 valence electrons. The van der Waals surface area contributed by atoms with Crippen molar-refractivity contribution in [3.63, 3.8) is 0 Å². The highest BCUT2D eigenvalue weighted by molar-refractivity contribution is 5.92. The first kappa shape index (κ1) is 15.6. The van der Waals surface area contributed by atoms with E-state index >= 15 is 0 Å². The second-order valence-electron chi connectivity index (χ2n) is 6.50. The average Bonchev–Trinajstić information content (AvgIpc) is 3.27. The maximum Gasteiger partial charge on any atom is 0.319 e. The highest BCUT2D eigenvalue weighted by atomic mass is 16.4. The summed E-state index contributed by atoms with van der Waals surface area (Å²) in [6.07, 6.45) is 2.07. The molecule has 1 aliphatic carbocycles. The van der Waals surface area contributed by atoms with E-state index in [1.165, 1.54) is 0 Å². The molecular weight excluding hydrogens is 296 g/mol. The van der Waals surface area contributed by atoms with Crippen molar-refractivity contribution in [2.24, 2.45) is 5.92 Å². The Morgan fingerprint density at radius 2 is 2.22 bits per heavy atom. The fraction of sp³-hybridized carbons (Fsp3) is 0.500. The van der Waals surface area contributed by atoms with Gasteiger partial charge in [-0.2, -0.15) is 4.98 Å². The molecule has 7 heteroatoms. The maximum atomic E-state index is 12.2. The van der Waals surface area contributed by atoms with E-state index in [0.717, 1.165) is 18.4 Å². The van der Waals surface area contributed by atoms with Gasteiger partial charge in [-0.3, -0.25) is 0 Å². The van der Waals surface area contributed by atoms with Crippen LogP contribution in [0.2, 0.25) is 0 Å². The number of rotatable bonds is 5. The Morgan fingerprint density at radius 1 is 1.48 bits per heavy atom. The number of benzene rings is 1. The molecule has 1 unspecified atom stereocenters. The lowest BCUT2D eigenvalue weighted by atomic mass is 9.97. The molecule has 2 aromatic rings. The van der Waals surface area contributed by atoms with Crippen molar-refractivity contribution in [1.82, 2.24) is 10.3 Å². The van der Waals surface area contributed by atoms with E-state index in [4.69, 9.17) is 4.42 Å². The highest BCUT2D eigenvalue weighted by Crippen LogP contribution is 2.39. The normalized spacial score (nSPS) is 16.9. The van der Waals surface area contributed by atoms with Crippen molar-refractivity contribution < 1.29 is 14.3 Å². The number of nitrogens with one attached hydrogen (secondary N) is 2. The standard InChI is InChI=1S/C16H22N4O3/c1-16(9-21,10-4-5-10)19-14(22)17-11-6-7-12-13(8-11)23-15(18-12)20(2)3/h6-8,10,21H,4-5,9H2,1-3H3,(H2,17,19,22). The van der Waals surface area contributed by atoms with Crippen LogP contribution in [0.3, 0.4) is 0 Å². The molecule has 1 saturated carbocycles. The number of hydrogen-bond donors (Lipinski definition) is 3. The Balaban J connectivity index is 1.71. The second kappa shape index (κ2) is 5.73. The zero-order valence-electron chi connectivity index (χ0n) is 13.6. The first-order valence-corrected chi connectivity index (χ1v) is 7.69. The molecule has 1 aliphatic rings. The summed E-state index contributed by atoms with van der Waals surface area (Å²) in [6.45, 7) is 1.80. The summed E-state index contributed by atoms with van der Waals surface area (Å²) in [5, 5.41) is 15.2. The SMILES string of the molecule is CN(C)c1nc2ccc(NC(=O)NC(C)(CO)C3CC3)cc2o1. The van der Waals surface area contributed by atoms with Crippen LogP contribution in [0.15, 0.2) is 22.6 Å². The van der Waals surface area contributed by atoms with Crippen LogP contribution >= 0.6 is 0 Å². The van der Waals surface area contributed by atoms with Gasteiger partial charge in [0.2, 0.25) is 0 Å². The average molecular weight is 318 g/mol. The Morgan fingerprint density at radius 3 is 2.83 bits per heavy atom. The molecule has 1 aromatic heterocycles. The van der Waals surface area contributed by atoms with Gasteiger partial charge in [0.05, 0.1) is 12.1 Å². The van der Waals surface area contributed by atoms with Crippen LogP contribution in [-0.4, -0.2) is 42.4 Å². The third-order valence-corrected chi connectivity index (χ3v) is 4.22. The molecule has 2 amide bonds. The fourth-order valence-corrected chi connectivity index (χ4v) is 2.59. The molecule has 1 fully saturated rings. The molecule has 0 aliphatic heterocycles. The summed E-state index contributed by atoms with van der Waals surface area (Å²) in [5.41, 5.74) is 1.39. The van der Waals surface area contributed by atoms with Gasteiger partial charge < -0.3 is 25.1 Å². The van der Waals surface area contributed by atoms with Gasteiger partial charge in [0.15, 0.2) is 5.58 Å². The van der Waals surface area contributed by atoms with Crippen molar-refractivity contribution in [2.75, 3.05) is 30.9 Å². The number of fused-ring (bicyclic) bond motifs is 1. The summed E-state index contributed by atoms with van der Waals surface area (Å²) < 4.78 is 5.63. The molecule has 0 radical (unpaired) electrons. The van der Waals surface area contributed by atoms with Gasteiger partial charge in [-0.1, -0.05) is 0 Å². The number of anilines is 2. The Hall–Kier alpha value is -2.28. The van der Waals surface area contributed by atoms with Crippen molar-refractivity contribution in [2.45, 2.75) is 25.3 Å². The quantitative estimate of drug-likeness (QED) is 0.786. The first-order valence-electron chi connectivity index (χ1n) is 7.69. The van der Waals surface area contributed by atoms with E-state index in [-0.39, 0.29) is 12.6 Å². The fourth-order valence-electron chi connectivity index (χ4n) is 2.59. The molecule has 1 atom stereocenters. The lowest BCUT2D eigenvalue weighted by Crippen LogP contribution is -2.52. The zero-order chi connectivity index (χ0) is 16.6. The van der Waals surface area contributed by atoms with Gasteiger partial charge in [0.1, 0.15) is 5.52 Å². The summed E-state index contributed by atoms with van der Waals surface area (Å²) in [7, 11) is 3.70. The zero-order valence-corrected chi connectivity index (χ0v) is 13.6. The number of carbonyl (C=O) groups is 1. The number of hydrogen-bond acceptors (Lipinski definition) is 5. The number of amides is 2. The number of carbonyl (C=O) groups excluding carboxylic acids is 1. The summed E-state index contributed by atoms with van der Waals surface area (Å²) in [4.78, 5) is 18.3. The van der Waals surface area contributed by atoms with E-state index in [0.29, 0.717) is 23.2 Å². The molecule has 7 nitrogen and oxygen atoms in total. The Kier molecular flexibility index (Phi) is 3.89. The molecule has 1 aromatic carbocycles. The Bertz CT molecular complexity index is 723. The van der Waals surface area contributed by atoms with Crippen LogP contribution in [0.25, 0.3) is 11.1 Å². The number of urea groups is 1. The van der Waals surface area contributed by atoms with E-state index in [1.807, 2.05) is 21.0 Å². The van der Waals surface area contributed by atoms with Crippen LogP contribution in [0.4, 0.5) is 16.5 Å². The minimum Gasteiger partial charge on any atom is -0.423 e. The Labute approximate surface area is 134 Å². The number of nitrogens with zero attached hydrogens (tertiary/aromatic N) is 2. The van der Waals surface area contributed by atoms with Crippen molar-refractivity contribution in [3.8, 4) is 0 Å². The molecule has 3 N–H and O–H groups in total. The van der Waals surface area contributed by atoms with Gasteiger partial charge in [-0.05, 0) is 37.8 Å². The molecular formula is C16H22N4O3. The number of aliphatic hydroxyl groups is 1. The number of oxazole rings is 1. The lowest BCUT2D eigenvalue weighted by Gasteiger charge is -2.28. The first-order chi connectivity index (χ1) is 10.9. The van der Waals surface area contributed by atoms with Crippen molar-refractivity contribution in [3.05, 3.63) is 18.2 Å². The molecule has 0 bridgehead atoms. The van der Waals surface area contributed by atoms with E-state index in [2.05, 4.69) is 15.6 Å². The lowest BCUT2D eigenvalue weighted by molar-refractivity contribution is 0.159. The minimum absolute atomic E-state index is 0.0710. The largest absolute Gasteiger partial charge is 0.423 e. The van der Waals surface area contributed by atoms with E-state index < -0.39 is 5.54 Å². The smallest absolute Gasteiger partial charge is 0.319 e. The van der Waals surface area contributed by atoms with Gasteiger partial charge >= 0.3 is 6.03 Å². The molecule has 0 saturated heterocycles. The maximum absolute atomic E-state index is 12.2. The van der Waals surface area contributed by atoms with Crippen LogP contribution < -0.4 is 15.5 Å². The third kappa shape index (κ3) is 3.24. The molecule has 23 heavy (non-hydrogen) atoms. The van der Waals surface area contributed by atoms with Crippen molar-refractivity contribution in [1.29, 1.82) is 0 Å². The molecule has 3 rings (SSSR count). The number of aliphatic hydroxyl groups excluding tert-OH is 1. The van der Waals surface area contributed by atoms with Gasteiger partial charge in [0.25, 0.3) is 6.01 Å². The topological polar surface area (TPSA) is 90.6 Å². The minimum atomic E-state index is -0.571. The van der Waals surface area contributed by atoms with E-state index in [1.54, 1.807) is 23.1 Å².